The summed E-state index contributed by atoms with van der Waals surface area (Å²) < 4.78 is 54.0. The van der Waals surface area contributed by atoms with Gasteiger partial charge < -0.3 is 18.6 Å². The van der Waals surface area contributed by atoms with Gasteiger partial charge in [-0.1, -0.05) is 73.5 Å². The standard InChI is InChI=1S/C32H50BrNO6SSi/c1-22(2)32(7,8)42(10,11)40-28-14-12-27(13-15-28)30(29(33)20-26(6)39-21-38-17-16-37-9)34-41(35,36)31-24(4)18-23(3)19-25(31)5/h12-15,18-20,22,26,30,34H,16-17,21H2,1-11H3/b29-20+/t26-,30+/m0/s1. The highest BCUT2D eigenvalue weighted by Crippen LogP contribution is 2.45. The molecule has 0 aromatic heterocycles. The highest BCUT2D eigenvalue weighted by atomic mass is 79.9. The second-order valence-corrected chi connectivity index (χ2v) is 19.4. The quantitative estimate of drug-likeness (QED) is 0.110. The van der Waals surface area contributed by atoms with Crippen LogP contribution < -0.4 is 9.15 Å². The van der Waals surface area contributed by atoms with Crippen LogP contribution in [0.3, 0.4) is 0 Å². The third kappa shape index (κ3) is 9.74. The highest BCUT2D eigenvalue weighted by molar-refractivity contribution is 9.11. The fourth-order valence-corrected chi connectivity index (χ4v) is 9.60. The van der Waals surface area contributed by atoms with E-state index in [1.165, 1.54) is 0 Å². The summed E-state index contributed by atoms with van der Waals surface area (Å²) in [5.74, 6) is 1.25. The van der Waals surface area contributed by atoms with Gasteiger partial charge in [0.2, 0.25) is 10.0 Å². The van der Waals surface area contributed by atoms with Gasteiger partial charge in [-0.3, -0.25) is 0 Å². The lowest BCUT2D eigenvalue weighted by molar-refractivity contribution is -0.0804. The first-order valence-corrected chi connectivity index (χ1v) is 19.6. The second kappa shape index (κ2) is 15.5. The summed E-state index contributed by atoms with van der Waals surface area (Å²) in [6.07, 6.45) is 1.50. The third-order valence-electron chi connectivity index (χ3n) is 8.24. The molecule has 0 saturated heterocycles. The van der Waals surface area contributed by atoms with E-state index in [4.69, 9.17) is 18.6 Å². The van der Waals surface area contributed by atoms with E-state index in [9.17, 15) is 8.42 Å². The SMILES string of the molecule is COCCOCO[C@@H](C)/C=C(/Br)[C@H](NS(=O)(=O)c1c(C)cc(C)cc1C)c1ccc(O[Si](C)(C)C(C)(C)C(C)C)cc1. The Morgan fingerprint density at radius 1 is 1.02 bits per heavy atom. The molecule has 42 heavy (non-hydrogen) atoms. The van der Waals surface area contributed by atoms with Gasteiger partial charge >= 0.3 is 0 Å². The molecule has 0 bridgehead atoms. The topological polar surface area (TPSA) is 83.1 Å². The molecular weight excluding hydrogens is 634 g/mol. The molecule has 0 aliphatic rings. The van der Waals surface area contributed by atoms with Crippen molar-refractivity contribution < 1.29 is 27.1 Å². The van der Waals surface area contributed by atoms with Crippen LogP contribution in [0.4, 0.5) is 0 Å². The summed E-state index contributed by atoms with van der Waals surface area (Å²) in [7, 11) is -4.39. The number of aryl methyl sites for hydroxylation is 3. The van der Waals surface area contributed by atoms with E-state index in [2.05, 4.69) is 61.4 Å². The van der Waals surface area contributed by atoms with Crippen LogP contribution in [0, 0.1) is 26.7 Å². The molecule has 7 nitrogen and oxygen atoms in total. The highest BCUT2D eigenvalue weighted by Gasteiger charge is 2.44. The Morgan fingerprint density at radius 2 is 1.60 bits per heavy atom. The fourth-order valence-electron chi connectivity index (χ4n) is 4.66. The van der Waals surface area contributed by atoms with Crippen molar-refractivity contribution >= 4 is 34.3 Å². The zero-order valence-corrected chi connectivity index (χ0v) is 30.5. The van der Waals surface area contributed by atoms with E-state index in [1.807, 2.05) is 70.2 Å². The Balaban J connectivity index is 2.43. The van der Waals surface area contributed by atoms with Gasteiger partial charge in [0, 0.05) is 11.6 Å². The summed E-state index contributed by atoms with van der Waals surface area (Å²) in [5, 5.41) is 0.0583. The number of sulfonamides is 1. The van der Waals surface area contributed by atoms with Crippen LogP contribution >= 0.6 is 15.9 Å². The molecule has 236 valence electrons. The van der Waals surface area contributed by atoms with Gasteiger partial charge in [-0.25, -0.2) is 8.42 Å². The minimum atomic E-state index is -3.89. The van der Waals surface area contributed by atoms with E-state index in [1.54, 1.807) is 7.11 Å². The molecule has 0 radical (unpaired) electrons. The molecule has 2 aromatic rings. The summed E-state index contributed by atoms with van der Waals surface area (Å²) in [5.41, 5.74) is 3.19. The number of methoxy groups -OCH3 is 1. The minimum Gasteiger partial charge on any atom is -0.543 e. The number of halogens is 1. The molecule has 0 saturated carbocycles. The molecule has 0 heterocycles. The van der Waals surface area contributed by atoms with Crippen molar-refractivity contribution in [1.29, 1.82) is 0 Å². The van der Waals surface area contributed by atoms with Crippen molar-refractivity contribution in [2.45, 2.75) is 90.6 Å². The Morgan fingerprint density at radius 3 is 2.12 bits per heavy atom. The Bertz CT molecular complexity index is 1290. The van der Waals surface area contributed by atoms with Crippen molar-refractivity contribution in [3.63, 3.8) is 0 Å². The number of hydrogen-bond acceptors (Lipinski definition) is 6. The number of hydrogen-bond donors (Lipinski definition) is 1. The smallest absolute Gasteiger partial charge is 0.251 e. The molecule has 0 amide bonds. The monoisotopic (exact) mass is 683 g/mol. The van der Waals surface area contributed by atoms with Crippen molar-refractivity contribution in [3.05, 3.63) is 69.2 Å². The molecule has 0 spiro atoms. The molecule has 0 fully saturated rings. The first-order chi connectivity index (χ1) is 19.4. The van der Waals surface area contributed by atoms with Crippen LogP contribution in [0.15, 0.2) is 51.9 Å². The molecule has 0 aliphatic heterocycles. The average molecular weight is 685 g/mol. The number of nitrogens with one attached hydrogen (secondary N) is 1. The lowest BCUT2D eigenvalue weighted by atomic mass is 9.99. The van der Waals surface area contributed by atoms with E-state index < -0.39 is 24.4 Å². The van der Waals surface area contributed by atoms with Crippen LogP contribution in [-0.2, 0) is 24.2 Å². The Kier molecular flexibility index (Phi) is 13.5. The molecule has 2 atom stereocenters. The predicted octanol–water partition coefficient (Wildman–Crippen LogP) is 7.96. The lowest BCUT2D eigenvalue weighted by Gasteiger charge is -2.42. The maximum atomic E-state index is 13.8. The molecule has 0 aliphatic carbocycles. The molecule has 0 unspecified atom stereocenters. The normalized spacial score (nSPS) is 14.7. The number of ether oxygens (including phenoxy) is 3. The van der Waals surface area contributed by atoms with E-state index in [-0.39, 0.29) is 22.8 Å². The van der Waals surface area contributed by atoms with E-state index in [0.29, 0.717) is 34.7 Å². The van der Waals surface area contributed by atoms with E-state index >= 15 is 0 Å². The predicted molar refractivity (Wildman–Crippen MR) is 177 cm³/mol. The molecule has 2 aromatic carbocycles. The van der Waals surface area contributed by atoms with Gasteiger partial charge in [0.05, 0.1) is 30.3 Å². The lowest BCUT2D eigenvalue weighted by Crippen LogP contribution is -2.47. The maximum Gasteiger partial charge on any atom is 0.251 e. The molecule has 10 heteroatoms. The summed E-state index contributed by atoms with van der Waals surface area (Å²) in [4.78, 5) is 0.290. The number of rotatable bonds is 16. The van der Waals surface area contributed by atoms with Gasteiger partial charge in [0.1, 0.15) is 12.5 Å². The maximum absolute atomic E-state index is 13.8. The first kappa shape index (κ1) is 36.7. The largest absolute Gasteiger partial charge is 0.543 e. The van der Waals surface area contributed by atoms with Gasteiger partial charge in [0.25, 0.3) is 8.32 Å². The van der Waals surface area contributed by atoms with Crippen molar-refractivity contribution in [2.75, 3.05) is 27.1 Å². The second-order valence-electron chi connectivity index (χ2n) is 12.3. The van der Waals surface area contributed by atoms with Gasteiger partial charge in [-0.2, -0.15) is 4.72 Å². The molecule has 2 rings (SSSR count). The van der Waals surface area contributed by atoms with Gasteiger partial charge in [-0.05, 0) is 86.6 Å². The summed E-state index contributed by atoms with van der Waals surface area (Å²) in [6.45, 7) is 22.0. The zero-order chi connectivity index (χ0) is 31.9. The van der Waals surface area contributed by atoms with Gasteiger partial charge in [0.15, 0.2) is 0 Å². The summed E-state index contributed by atoms with van der Waals surface area (Å²) in [6, 6.07) is 10.8. The van der Waals surface area contributed by atoms with Crippen molar-refractivity contribution in [3.8, 4) is 5.75 Å². The Hall–Kier alpha value is -1.53. The van der Waals surface area contributed by atoms with Crippen LogP contribution in [-0.4, -0.2) is 50.0 Å². The van der Waals surface area contributed by atoms with E-state index in [0.717, 1.165) is 16.9 Å². The van der Waals surface area contributed by atoms with Crippen molar-refractivity contribution in [2.24, 2.45) is 5.92 Å². The molecular formula is C32H50BrNO6SSi. The van der Waals surface area contributed by atoms with Crippen molar-refractivity contribution in [1.82, 2.24) is 4.72 Å². The minimum absolute atomic E-state index is 0.0583. The average Bonchev–Trinajstić information content (AvgIpc) is 2.86. The zero-order valence-electron chi connectivity index (χ0n) is 27.1. The fraction of sp³-hybridized carbons (Fsp3) is 0.562. The number of benzene rings is 2. The molecule has 1 N–H and O–H groups in total. The van der Waals surface area contributed by atoms with Crippen LogP contribution in [0.1, 0.15) is 62.9 Å². The Labute approximate surface area is 263 Å². The summed E-state index contributed by atoms with van der Waals surface area (Å²) >= 11 is 3.67. The van der Waals surface area contributed by atoms with Crippen LogP contribution in [0.2, 0.25) is 18.1 Å². The van der Waals surface area contributed by atoms with Crippen LogP contribution in [0.5, 0.6) is 5.75 Å². The van der Waals surface area contributed by atoms with Crippen LogP contribution in [0.25, 0.3) is 0 Å². The van der Waals surface area contributed by atoms with Gasteiger partial charge in [-0.15, -0.1) is 0 Å². The third-order valence-corrected chi connectivity index (χ3v) is 15.1. The first-order valence-electron chi connectivity index (χ1n) is 14.4.